The van der Waals surface area contributed by atoms with Gasteiger partial charge in [0.2, 0.25) is 5.91 Å². The van der Waals surface area contributed by atoms with Crippen LogP contribution >= 0.6 is 0 Å². The van der Waals surface area contributed by atoms with Gasteiger partial charge in [0, 0.05) is 13.1 Å². The Bertz CT molecular complexity index is 232. The van der Waals surface area contributed by atoms with Crippen molar-refractivity contribution in [2.75, 3.05) is 19.6 Å². The number of nitrogens with one attached hydrogen (secondary N) is 1. The molecule has 1 saturated carbocycles. The Labute approximate surface area is 98.6 Å². The van der Waals surface area contributed by atoms with E-state index in [-0.39, 0.29) is 6.04 Å². The highest BCUT2D eigenvalue weighted by Crippen LogP contribution is 2.33. The van der Waals surface area contributed by atoms with Crippen LogP contribution in [0.2, 0.25) is 0 Å². The number of nitrogens with zero attached hydrogens (tertiary/aromatic N) is 1. The largest absolute Gasteiger partial charge is 0.341 e. The highest BCUT2D eigenvalue weighted by Gasteiger charge is 2.23. The maximum Gasteiger partial charge on any atom is 0.239 e. The molecule has 2 aliphatic rings. The van der Waals surface area contributed by atoms with Crippen molar-refractivity contribution < 1.29 is 4.79 Å². The molecule has 16 heavy (non-hydrogen) atoms. The second-order valence-electron chi connectivity index (χ2n) is 5.29. The van der Waals surface area contributed by atoms with Gasteiger partial charge in [-0.1, -0.05) is 12.8 Å². The van der Waals surface area contributed by atoms with Crippen LogP contribution in [-0.4, -0.2) is 36.5 Å². The monoisotopic (exact) mass is 224 g/mol. The van der Waals surface area contributed by atoms with Gasteiger partial charge in [0.1, 0.15) is 0 Å². The van der Waals surface area contributed by atoms with Crippen LogP contribution in [0, 0.1) is 5.92 Å². The number of hydrogen-bond donors (Lipinski definition) is 1. The second-order valence-corrected chi connectivity index (χ2v) is 5.29. The molecule has 0 aromatic heterocycles. The van der Waals surface area contributed by atoms with Gasteiger partial charge in [0.05, 0.1) is 6.04 Å². The van der Waals surface area contributed by atoms with Crippen molar-refractivity contribution in [3.05, 3.63) is 0 Å². The first-order valence-electron chi connectivity index (χ1n) is 6.79. The van der Waals surface area contributed by atoms with Crippen molar-refractivity contribution in [3.63, 3.8) is 0 Å². The van der Waals surface area contributed by atoms with Gasteiger partial charge in [-0.25, -0.2) is 0 Å². The predicted molar refractivity (Wildman–Crippen MR) is 65.2 cm³/mol. The van der Waals surface area contributed by atoms with Crippen LogP contribution in [0.3, 0.4) is 0 Å². The molecule has 2 rings (SSSR count). The maximum atomic E-state index is 11.9. The lowest BCUT2D eigenvalue weighted by molar-refractivity contribution is -0.131. The van der Waals surface area contributed by atoms with E-state index in [1.165, 1.54) is 38.5 Å². The number of rotatable bonds is 6. The summed E-state index contributed by atoms with van der Waals surface area (Å²) in [5.74, 6) is 1.30. The van der Waals surface area contributed by atoms with Crippen LogP contribution in [0.25, 0.3) is 0 Å². The van der Waals surface area contributed by atoms with Gasteiger partial charge in [-0.05, 0) is 45.1 Å². The van der Waals surface area contributed by atoms with Crippen LogP contribution in [0.1, 0.15) is 45.4 Å². The zero-order valence-corrected chi connectivity index (χ0v) is 10.4. The Hall–Kier alpha value is -0.570. The summed E-state index contributed by atoms with van der Waals surface area (Å²) in [6.07, 6.45) is 7.80. The van der Waals surface area contributed by atoms with Crippen LogP contribution in [0.15, 0.2) is 0 Å². The van der Waals surface area contributed by atoms with Crippen molar-refractivity contribution in [3.8, 4) is 0 Å². The molecule has 1 aliphatic heterocycles. The molecule has 1 heterocycles. The van der Waals surface area contributed by atoms with Gasteiger partial charge >= 0.3 is 0 Å². The molecule has 1 saturated heterocycles. The van der Waals surface area contributed by atoms with E-state index >= 15 is 0 Å². The quantitative estimate of drug-likeness (QED) is 0.697. The summed E-state index contributed by atoms with van der Waals surface area (Å²) in [4.78, 5) is 13.9. The van der Waals surface area contributed by atoms with Crippen molar-refractivity contribution in [1.29, 1.82) is 0 Å². The molecular weight excluding hydrogens is 200 g/mol. The van der Waals surface area contributed by atoms with Crippen molar-refractivity contribution in [1.82, 2.24) is 10.2 Å². The highest BCUT2D eigenvalue weighted by atomic mass is 16.2. The van der Waals surface area contributed by atoms with E-state index in [0.717, 1.165) is 25.6 Å². The molecule has 1 aliphatic carbocycles. The van der Waals surface area contributed by atoms with Crippen LogP contribution in [0.4, 0.5) is 0 Å². The number of amides is 1. The molecule has 1 amide bonds. The van der Waals surface area contributed by atoms with Crippen molar-refractivity contribution in [2.45, 2.75) is 51.5 Å². The van der Waals surface area contributed by atoms with Crippen molar-refractivity contribution in [2.24, 2.45) is 5.92 Å². The molecule has 0 bridgehead atoms. The topological polar surface area (TPSA) is 32.3 Å². The van der Waals surface area contributed by atoms with E-state index in [1.54, 1.807) is 0 Å². The first-order chi connectivity index (χ1) is 7.77. The van der Waals surface area contributed by atoms with E-state index < -0.39 is 0 Å². The third kappa shape index (κ3) is 3.48. The fourth-order valence-corrected chi connectivity index (χ4v) is 2.41. The summed E-state index contributed by atoms with van der Waals surface area (Å²) in [6, 6.07) is 0.0114. The third-order valence-electron chi connectivity index (χ3n) is 3.72. The van der Waals surface area contributed by atoms with Crippen LogP contribution in [-0.2, 0) is 4.79 Å². The summed E-state index contributed by atoms with van der Waals surface area (Å²) in [5.41, 5.74) is 0. The molecule has 0 radical (unpaired) electrons. The first kappa shape index (κ1) is 11.9. The third-order valence-corrected chi connectivity index (χ3v) is 3.72. The molecule has 0 aromatic rings. The van der Waals surface area contributed by atoms with E-state index in [1.807, 2.05) is 11.8 Å². The minimum absolute atomic E-state index is 0.0114. The summed E-state index contributed by atoms with van der Waals surface area (Å²) in [7, 11) is 0. The van der Waals surface area contributed by atoms with Crippen molar-refractivity contribution >= 4 is 5.91 Å². The van der Waals surface area contributed by atoms with Gasteiger partial charge in [0.25, 0.3) is 0 Å². The molecule has 0 aromatic carbocycles. The van der Waals surface area contributed by atoms with E-state index in [0.29, 0.717) is 5.91 Å². The van der Waals surface area contributed by atoms with Gasteiger partial charge in [-0.3, -0.25) is 4.79 Å². The number of carbonyl (C=O) groups is 1. The molecule has 1 atom stereocenters. The Morgan fingerprint density at radius 3 is 2.69 bits per heavy atom. The van der Waals surface area contributed by atoms with E-state index in [9.17, 15) is 4.79 Å². The fourth-order valence-electron chi connectivity index (χ4n) is 2.41. The van der Waals surface area contributed by atoms with Gasteiger partial charge in [-0.2, -0.15) is 0 Å². The number of carbonyl (C=O) groups excluding carboxylic acids is 1. The minimum Gasteiger partial charge on any atom is -0.341 e. The van der Waals surface area contributed by atoms with Gasteiger partial charge in [0.15, 0.2) is 0 Å². The normalized spacial score (nSPS) is 22.4. The zero-order valence-electron chi connectivity index (χ0n) is 10.4. The summed E-state index contributed by atoms with van der Waals surface area (Å²) >= 11 is 0. The Morgan fingerprint density at radius 2 is 2.06 bits per heavy atom. The molecule has 3 heteroatoms. The average Bonchev–Trinajstić information content (AvgIpc) is 2.95. The molecule has 0 spiro atoms. The lowest BCUT2D eigenvalue weighted by atomic mass is 10.2. The van der Waals surface area contributed by atoms with Gasteiger partial charge in [-0.15, -0.1) is 0 Å². The Balaban J connectivity index is 1.57. The molecule has 92 valence electrons. The molecule has 2 fully saturated rings. The van der Waals surface area contributed by atoms with Gasteiger partial charge < -0.3 is 10.2 Å². The smallest absolute Gasteiger partial charge is 0.239 e. The van der Waals surface area contributed by atoms with Crippen LogP contribution in [0.5, 0.6) is 0 Å². The summed E-state index contributed by atoms with van der Waals surface area (Å²) < 4.78 is 0. The van der Waals surface area contributed by atoms with E-state index in [2.05, 4.69) is 5.32 Å². The predicted octanol–water partition coefficient (Wildman–Crippen LogP) is 1.78. The molecule has 3 nitrogen and oxygen atoms in total. The lowest BCUT2D eigenvalue weighted by Gasteiger charge is -2.21. The maximum absolute atomic E-state index is 11.9. The minimum atomic E-state index is 0.0114. The molecule has 1 unspecified atom stereocenters. The summed E-state index contributed by atoms with van der Waals surface area (Å²) in [5, 5.41) is 3.35. The first-order valence-corrected chi connectivity index (χ1v) is 6.79. The Morgan fingerprint density at radius 1 is 1.38 bits per heavy atom. The zero-order chi connectivity index (χ0) is 11.4. The van der Waals surface area contributed by atoms with E-state index in [4.69, 9.17) is 0 Å². The second kappa shape index (κ2) is 5.67. The standard InChI is InChI=1S/C13H24N2O/c1-11(13(16)15-9-2-3-10-15)14-8-4-5-12-6-7-12/h11-12,14H,2-10H2,1H3. The lowest BCUT2D eigenvalue weighted by Crippen LogP contribution is -2.43. The highest BCUT2D eigenvalue weighted by molar-refractivity contribution is 5.81. The fraction of sp³-hybridized carbons (Fsp3) is 0.923. The SMILES string of the molecule is CC(NCCCC1CC1)C(=O)N1CCCC1. The number of likely N-dealkylation sites (tertiary alicyclic amines) is 1. The molecule has 1 N–H and O–H groups in total. The average molecular weight is 224 g/mol. The number of hydrogen-bond acceptors (Lipinski definition) is 2. The van der Waals surface area contributed by atoms with Crippen LogP contribution < -0.4 is 5.32 Å². The summed E-state index contributed by atoms with van der Waals surface area (Å²) in [6.45, 7) is 4.93. The molecular formula is C13H24N2O. The Kier molecular flexibility index (Phi) is 4.22.